The zero-order valence-corrected chi connectivity index (χ0v) is 43.7. The molecule has 0 saturated carbocycles. The summed E-state index contributed by atoms with van der Waals surface area (Å²) in [5.74, 6) is -0.744. The average molecular weight is 1040 g/mol. The number of piperidine rings is 2. The summed E-state index contributed by atoms with van der Waals surface area (Å²) in [5.41, 5.74) is 0.890. The number of esters is 1. The Morgan fingerprint density at radius 2 is 1.17 bits per heavy atom. The first-order chi connectivity index (χ1) is 32.4. The van der Waals surface area contributed by atoms with Gasteiger partial charge in [0.15, 0.2) is 0 Å². The summed E-state index contributed by atoms with van der Waals surface area (Å²) < 4.78 is 5.46. The van der Waals surface area contributed by atoms with Crippen molar-refractivity contribution >= 4 is 93.6 Å². The number of benzene rings is 2. The van der Waals surface area contributed by atoms with E-state index in [1.807, 2.05) is 27.7 Å². The number of hydrogen-bond donors (Lipinski definition) is 2. The van der Waals surface area contributed by atoms with E-state index in [1.54, 1.807) is 74.7 Å². The van der Waals surface area contributed by atoms with Crippen molar-refractivity contribution in [1.29, 1.82) is 0 Å². The van der Waals surface area contributed by atoms with Crippen LogP contribution >= 0.6 is 46.4 Å². The van der Waals surface area contributed by atoms with Gasteiger partial charge in [0.05, 0.1) is 39.2 Å². The topological polar surface area (TPSA) is 180 Å². The number of hydrogen-bond acceptors (Lipinski definition) is 9. The molecule has 4 saturated heterocycles. The number of halogens is 4. The Balaban J connectivity index is 0.000000258. The van der Waals surface area contributed by atoms with E-state index in [0.717, 1.165) is 18.4 Å². The number of nitrogens with one attached hydrogen (secondary N) is 1. The third kappa shape index (κ3) is 14.8. The van der Waals surface area contributed by atoms with E-state index in [9.17, 15) is 38.7 Å². The van der Waals surface area contributed by atoms with Crippen LogP contribution in [0.25, 0.3) is 0 Å². The number of nitrogens with zero attached hydrogens (tertiary/aromatic N) is 6. The molecule has 0 bridgehead atoms. The molecule has 2 N–H and O–H groups in total. The molecule has 6 rings (SSSR count). The fraction of sp³-hybridized carbons (Fsp3) is 0.612. The normalized spacial score (nSPS) is 22.4. The molecule has 4 aliphatic rings. The number of aliphatic hydroxyl groups is 1. The summed E-state index contributed by atoms with van der Waals surface area (Å²) in [5, 5.41) is 14.5. The molecule has 0 radical (unpaired) electrons. The largest absolute Gasteiger partial charge is 0.460 e. The molecular weight excluding hydrogens is 972 g/mol. The van der Waals surface area contributed by atoms with Crippen LogP contribution in [0.4, 0.5) is 10.5 Å². The Hall–Kier alpha value is -4.35. The van der Waals surface area contributed by atoms with E-state index in [4.69, 9.17) is 51.1 Å². The van der Waals surface area contributed by atoms with Gasteiger partial charge in [-0.1, -0.05) is 80.2 Å². The maximum atomic E-state index is 12.9. The minimum atomic E-state index is -0.614. The molecule has 380 valence electrons. The van der Waals surface area contributed by atoms with Crippen LogP contribution < -0.4 is 5.32 Å². The lowest BCUT2D eigenvalue weighted by atomic mass is 9.79. The molecule has 4 heterocycles. The lowest BCUT2D eigenvalue weighted by molar-refractivity contribution is -0.161. The first-order valence-corrected chi connectivity index (χ1v) is 25.1. The number of amides is 7. The SMILES string of the molecule is CC(=O)O[C@@H]1CN(C(=O)CCCN2CCN(C(=O)Cc3ccc(Cl)c(Cl)c3)[C@@H](C)C2=O)CCC1(C)C.C[C@H]1C(=O)N(CCCC(=O)N2CCC(C)(C)[C@H](O)C2)CCN1C(=O)Nc1ccc(Cl)c(Cl)c1. The first-order valence-electron chi connectivity index (χ1n) is 23.6. The monoisotopic (exact) mass is 1040 g/mol. The third-order valence-electron chi connectivity index (χ3n) is 13.8. The van der Waals surface area contributed by atoms with Gasteiger partial charge in [-0.15, -0.1) is 0 Å². The van der Waals surface area contributed by atoms with Crippen LogP contribution in [0.3, 0.4) is 0 Å². The lowest BCUT2D eigenvalue weighted by Crippen LogP contribution is -2.58. The van der Waals surface area contributed by atoms with Gasteiger partial charge >= 0.3 is 12.0 Å². The molecule has 0 aliphatic carbocycles. The summed E-state index contributed by atoms with van der Waals surface area (Å²) in [6, 6.07) is 8.31. The summed E-state index contributed by atoms with van der Waals surface area (Å²) in [4.78, 5) is 98.0. The smallest absolute Gasteiger partial charge is 0.322 e. The number of aliphatic hydroxyl groups excluding tert-OH is 1. The minimum absolute atomic E-state index is 0.00131. The van der Waals surface area contributed by atoms with Crippen LogP contribution in [0, 0.1) is 10.8 Å². The maximum Gasteiger partial charge on any atom is 0.322 e. The summed E-state index contributed by atoms with van der Waals surface area (Å²) in [6.07, 6.45) is 2.52. The van der Waals surface area contributed by atoms with Crippen molar-refractivity contribution in [2.75, 3.05) is 70.8 Å². The van der Waals surface area contributed by atoms with Crippen molar-refractivity contribution in [2.45, 2.75) is 118 Å². The van der Waals surface area contributed by atoms with Gasteiger partial charge in [0, 0.05) is 89.8 Å². The zero-order valence-electron chi connectivity index (χ0n) is 40.7. The highest BCUT2D eigenvalue weighted by Gasteiger charge is 2.40. The molecular formula is C49H67Cl4N7O9. The molecule has 0 spiro atoms. The van der Waals surface area contributed by atoms with Gasteiger partial charge in [0.1, 0.15) is 18.2 Å². The van der Waals surface area contributed by atoms with Crippen molar-refractivity contribution in [1.82, 2.24) is 29.4 Å². The Morgan fingerprint density at radius 1 is 0.667 bits per heavy atom. The van der Waals surface area contributed by atoms with Crippen molar-refractivity contribution in [3.8, 4) is 0 Å². The molecule has 2 aromatic carbocycles. The van der Waals surface area contributed by atoms with Crippen molar-refractivity contribution in [3.63, 3.8) is 0 Å². The molecule has 69 heavy (non-hydrogen) atoms. The molecule has 20 heteroatoms. The van der Waals surface area contributed by atoms with Crippen molar-refractivity contribution in [3.05, 3.63) is 62.1 Å². The van der Waals surface area contributed by atoms with E-state index in [0.29, 0.717) is 117 Å². The number of piperazine rings is 2. The molecule has 4 fully saturated rings. The maximum absolute atomic E-state index is 12.9. The van der Waals surface area contributed by atoms with Crippen molar-refractivity contribution < 1.29 is 43.4 Å². The molecule has 0 aromatic heterocycles. The average Bonchev–Trinajstić information content (AvgIpc) is 3.28. The number of rotatable bonds is 12. The second kappa shape index (κ2) is 24.2. The number of urea groups is 1. The lowest BCUT2D eigenvalue weighted by Gasteiger charge is -2.43. The van der Waals surface area contributed by atoms with Crippen molar-refractivity contribution in [2.24, 2.45) is 10.8 Å². The first kappa shape index (κ1) is 55.6. The Kier molecular flexibility index (Phi) is 19.5. The van der Waals surface area contributed by atoms with Gasteiger partial charge in [-0.05, 0) is 80.8 Å². The number of anilines is 1. The van der Waals surface area contributed by atoms with Gasteiger partial charge in [-0.2, -0.15) is 0 Å². The molecule has 2 aromatic rings. The van der Waals surface area contributed by atoms with Gasteiger partial charge in [-0.3, -0.25) is 28.8 Å². The Bertz CT molecular complexity index is 2230. The van der Waals surface area contributed by atoms with E-state index >= 15 is 0 Å². The number of β-amino-alcohol motifs (C(OH)–C–C–N with tert-alkyl or cyclic N) is 1. The van der Waals surface area contributed by atoms with Crippen LogP contribution in [0.5, 0.6) is 0 Å². The Morgan fingerprint density at radius 3 is 1.71 bits per heavy atom. The molecule has 7 amide bonds. The fourth-order valence-electron chi connectivity index (χ4n) is 8.88. The number of carbonyl (C=O) groups excluding carboxylic acids is 7. The van der Waals surface area contributed by atoms with Gasteiger partial charge in [0.25, 0.3) is 0 Å². The van der Waals surface area contributed by atoms with E-state index in [1.165, 1.54) is 11.8 Å². The van der Waals surface area contributed by atoms with Crippen LogP contribution in [0.15, 0.2) is 36.4 Å². The predicted molar refractivity (Wildman–Crippen MR) is 266 cm³/mol. The minimum Gasteiger partial charge on any atom is -0.460 e. The Labute approximate surface area is 425 Å². The highest BCUT2D eigenvalue weighted by atomic mass is 35.5. The molecule has 4 aliphatic heterocycles. The summed E-state index contributed by atoms with van der Waals surface area (Å²) in [6.45, 7) is 17.5. The predicted octanol–water partition coefficient (Wildman–Crippen LogP) is 7.02. The van der Waals surface area contributed by atoms with Gasteiger partial charge in [-0.25, -0.2) is 4.79 Å². The number of carbonyl (C=O) groups is 7. The highest BCUT2D eigenvalue weighted by Crippen LogP contribution is 2.34. The highest BCUT2D eigenvalue weighted by molar-refractivity contribution is 6.42. The standard InChI is InChI=1S/C26H35Cl2N3O5.C23H32Cl2N4O4/c1-17-25(35)29(12-13-31(17)24(34)15-19-7-8-20(27)21(28)14-19)10-5-6-23(33)30-11-9-26(3,4)22(16-30)36-18(2)32;1-15-21(32)27(9-4-5-20(31)28-10-8-23(2,3)19(30)14-28)11-12-29(15)22(33)26-16-6-7-17(24)18(25)13-16/h7-8,14,17,22H,5-6,9-13,15-16H2,1-4H3;6-7,13,15,19,30H,4-5,8-12,14H2,1-3H3,(H,26,33)/t17-,22+;15-,19+/m00/s1. The molecule has 4 atom stereocenters. The van der Waals surface area contributed by atoms with E-state index in [2.05, 4.69) is 5.32 Å². The van der Waals surface area contributed by atoms with Crippen LogP contribution in [0.2, 0.25) is 20.1 Å². The molecule has 16 nitrogen and oxygen atoms in total. The summed E-state index contributed by atoms with van der Waals surface area (Å²) in [7, 11) is 0. The van der Waals surface area contributed by atoms with Crippen LogP contribution in [0.1, 0.15) is 92.6 Å². The van der Waals surface area contributed by atoms with Gasteiger partial charge < -0.3 is 44.6 Å². The van der Waals surface area contributed by atoms with Gasteiger partial charge in [0.2, 0.25) is 29.5 Å². The van der Waals surface area contributed by atoms with Crippen LogP contribution in [-0.4, -0.2) is 166 Å². The quantitative estimate of drug-likeness (QED) is 0.211. The second-order valence-corrected chi connectivity index (χ2v) is 21.4. The molecule has 0 unspecified atom stereocenters. The van der Waals surface area contributed by atoms with E-state index < -0.39 is 18.2 Å². The fourth-order valence-corrected chi connectivity index (χ4v) is 9.50. The summed E-state index contributed by atoms with van der Waals surface area (Å²) >= 11 is 23.9. The zero-order chi connectivity index (χ0) is 51.0. The number of ether oxygens (including phenoxy) is 1. The van der Waals surface area contributed by atoms with E-state index in [-0.39, 0.29) is 64.9 Å². The number of likely N-dealkylation sites (tertiary alicyclic amines) is 2. The third-order valence-corrected chi connectivity index (χ3v) is 15.3. The second-order valence-electron chi connectivity index (χ2n) is 19.7. The van der Waals surface area contributed by atoms with Crippen LogP contribution in [-0.2, 0) is 39.9 Å².